The molecular formula is C10H14N2O5S2. The van der Waals surface area contributed by atoms with Gasteiger partial charge in [0.05, 0.1) is 5.56 Å². The zero-order valence-corrected chi connectivity index (χ0v) is 12.2. The molecule has 0 bridgehead atoms. The molecule has 0 aliphatic carbocycles. The molecule has 0 aliphatic heterocycles. The maximum atomic E-state index is 11.6. The minimum Gasteiger partial charge on any atom is -0.381 e. The summed E-state index contributed by atoms with van der Waals surface area (Å²) in [6.07, 6.45) is 0.977. The third-order valence-corrected chi connectivity index (χ3v) is 4.98. The minimum atomic E-state index is -3.51. The van der Waals surface area contributed by atoms with Gasteiger partial charge in [0, 0.05) is 6.26 Å². The summed E-state index contributed by atoms with van der Waals surface area (Å²) in [5, 5.41) is 11.8. The molecule has 0 saturated heterocycles. The highest BCUT2D eigenvalue weighted by Crippen LogP contribution is 2.31. The first-order valence-corrected chi connectivity index (χ1v) is 7.81. The number of aliphatic hydroxyl groups is 1. The fourth-order valence-corrected chi connectivity index (χ4v) is 3.06. The summed E-state index contributed by atoms with van der Waals surface area (Å²) < 4.78 is 22.7. The average Bonchev–Trinajstić information content (AvgIpc) is 2.59. The number of rotatable bonds is 4. The second-order valence-corrected chi connectivity index (χ2v) is 7.75. The van der Waals surface area contributed by atoms with Gasteiger partial charge in [-0.25, -0.2) is 8.42 Å². The summed E-state index contributed by atoms with van der Waals surface area (Å²) in [5.74, 6) is -1.63. The van der Waals surface area contributed by atoms with E-state index < -0.39 is 27.3 Å². The van der Waals surface area contributed by atoms with Gasteiger partial charge in [0.1, 0.15) is 14.8 Å². The fraction of sp³-hybridized carbons (Fsp3) is 0.400. The van der Waals surface area contributed by atoms with E-state index in [4.69, 9.17) is 5.73 Å². The number of hydrogen-bond acceptors (Lipinski definition) is 6. The average molecular weight is 306 g/mol. The van der Waals surface area contributed by atoms with Crippen LogP contribution in [0, 0.1) is 0 Å². The summed E-state index contributed by atoms with van der Waals surface area (Å²) in [7, 11) is -3.51. The highest BCUT2D eigenvalue weighted by Gasteiger charge is 2.27. The number of carbonyl (C=O) groups is 2. The van der Waals surface area contributed by atoms with Crippen molar-refractivity contribution in [3.8, 4) is 0 Å². The zero-order chi connectivity index (χ0) is 15.0. The van der Waals surface area contributed by atoms with E-state index in [1.807, 2.05) is 0 Å². The summed E-state index contributed by atoms with van der Waals surface area (Å²) in [5.41, 5.74) is 3.34. The Kier molecular flexibility index (Phi) is 4.03. The number of carbonyl (C=O) groups excluding carboxylic acids is 2. The Labute approximate surface area is 114 Å². The number of nitrogens with one attached hydrogen (secondary N) is 1. The lowest BCUT2D eigenvalue weighted by Gasteiger charge is -2.16. The number of thiophene rings is 1. The van der Waals surface area contributed by atoms with Crippen LogP contribution in [0.5, 0.6) is 0 Å². The molecule has 1 aromatic heterocycles. The van der Waals surface area contributed by atoms with Crippen LogP contribution in [0.1, 0.15) is 24.2 Å². The van der Waals surface area contributed by atoms with E-state index in [0.29, 0.717) is 11.3 Å². The Morgan fingerprint density at radius 1 is 1.42 bits per heavy atom. The predicted octanol–water partition coefficient (Wildman–Crippen LogP) is -0.0401. The predicted molar refractivity (Wildman–Crippen MR) is 70.9 cm³/mol. The van der Waals surface area contributed by atoms with Crippen LogP contribution in [-0.2, 0) is 14.6 Å². The zero-order valence-electron chi connectivity index (χ0n) is 10.6. The molecule has 1 heterocycles. The largest absolute Gasteiger partial charge is 0.381 e. The number of hydrogen-bond donors (Lipinski definition) is 3. The Balaban J connectivity index is 3.24. The first-order valence-electron chi connectivity index (χ1n) is 5.10. The van der Waals surface area contributed by atoms with E-state index in [9.17, 15) is 23.1 Å². The van der Waals surface area contributed by atoms with Crippen molar-refractivity contribution in [1.29, 1.82) is 0 Å². The molecule has 0 aliphatic rings. The molecule has 0 unspecified atom stereocenters. The van der Waals surface area contributed by atoms with Crippen molar-refractivity contribution in [1.82, 2.24) is 0 Å². The smallest absolute Gasteiger partial charge is 0.256 e. The molecule has 1 rings (SSSR count). The monoisotopic (exact) mass is 306 g/mol. The summed E-state index contributed by atoms with van der Waals surface area (Å²) in [6.45, 7) is 2.52. The van der Waals surface area contributed by atoms with Gasteiger partial charge in [-0.15, -0.1) is 11.3 Å². The van der Waals surface area contributed by atoms with E-state index in [2.05, 4.69) is 5.32 Å². The van der Waals surface area contributed by atoms with E-state index in [1.165, 1.54) is 13.8 Å². The molecule has 0 atom stereocenters. The van der Waals surface area contributed by atoms with Crippen LogP contribution in [0.3, 0.4) is 0 Å². The highest BCUT2D eigenvalue weighted by atomic mass is 32.2. The topological polar surface area (TPSA) is 127 Å². The van der Waals surface area contributed by atoms with Gasteiger partial charge in [0.2, 0.25) is 0 Å². The summed E-state index contributed by atoms with van der Waals surface area (Å²) >= 11 is 0.707. The van der Waals surface area contributed by atoms with Crippen molar-refractivity contribution in [2.24, 2.45) is 5.73 Å². The second-order valence-electron chi connectivity index (χ2n) is 4.46. The van der Waals surface area contributed by atoms with Crippen molar-refractivity contribution in [2.45, 2.75) is 23.7 Å². The van der Waals surface area contributed by atoms with Crippen LogP contribution in [0.4, 0.5) is 5.00 Å². The van der Waals surface area contributed by atoms with Gasteiger partial charge in [-0.3, -0.25) is 9.59 Å². The Morgan fingerprint density at radius 3 is 2.32 bits per heavy atom. The number of amides is 2. The Bertz CT molecular complexity index is 625. The van der Waals surface area contributed by atoms with Crippen molar-refractivity contribution in [2.75, 3.05) is 11.6 Å². The first-order chi connectivity index (χ1) is 8.43. The molecule has 0 aromatic carbocycles. The van der Waals surface area contributed by atoms with E-state index >= 15 is 0 Å². The van der Waals surface area contributed by atoms with Gasteiger partial charge < -0.3 is 16.2 Å². The van der Waals surface area contributed by atoms with Crippen molar-refractivity contribution in [3.05, 3.63) is 11.6 Å². The summed E-state index contributed by atoms with van der Waals surface area (Å²) in [6, 6.07) is 1.10. The Morgan fingerprint density at radius 2 is 1.95 bits per heavy atom. The molecule has 106 valence electrons. The molecule has 1 aromatic rings. The quantitative estimate of drug-likeness (QED) is 0.719. The molecular weight excluding hydrogens is 292 g/mol. The van der Waals surface area contributed by atoms with Crippen LogP contribution in [0.2, 0.25) is 0 Å². The van der Waals surface area contributed by atoms with Gasteiger partial charge in [-0.1, -0.05) is 0 Å². The minimum absolute atomic E-state index is 0.0000463. The number of primary amides is 1. The first kappa shape index (κ1) is 15.6. The number of anilines is 1. The second kappa shape index (κ2) is 4.91. The van der Waals surface area contributed by atoms with Gasteiger partial charge >= 0.3 is 0 Å². The van der Waals surface area contributed by atoms with E-state index in [-0.39, 0.29) is 14.8 Å². The van der Waals surface area contributed by atoms with Crippen LogP contribution in [0.15, 0.2) is 10.3 Å². The Hall–Kier alpha value is -1.45. The molecule has 9 heteroatoms. The molecule has 4 N–H and O–H groups in total. The third kappa shape index (κ3) is 3.75. The maximum absolute atomic E-state index is 11.6. The van der Waals surface area contributed by atoms with Gasteiger partial charge in [0.15, 0.2) is 9.84 Å². The van der Waals surface area contributed by atoms with Crippen LogP contribution in [0.25, 0.3) is 0 Å². The van der Waals surface area contributed by atoms with Crippen LogP contribution < -0.4 is 11.1 Å². The highest BCUT2D eigenvalue weighted by molar-refractivity contribution is 7.92. The van der Waals surface area contributed by atoms with Crippen LogP contribution in [-0.4, -0.2) is 37.2 Å². The van der Waals surface area contributed by atoms with E-state index in [1.54, 1.807) is 0 Å². The SMILES string of the molecule is CC(C)(O)C(=O)Nc1sc(S(C)(=O)=O)cc1C(N)=O. The summed E-state index contributed by atoms with van der Waals surface area (Å²) in [4.78, 5) is 22.8. The number of nitrogens with two attached hydrogens (primary N) is 1. The lowest BCUT2D eigenvalue weighted by atomic mass is 10.1. The molecule has 0 fully saturated rings. The standard InChI is InChI=1S/C10H14N2O5S2/c1-10(2,15)9(14)12-8-5(7(11)13)4-6(18-8)19(3,16)17/h4,15H,1-3H3,(H2,11,13)(H,12,14). The van der Waals surface area contributed by atoms with Crippen molar-refractivity contribution < 1.29 is 23.1 Å². The van der Waals surface area contributed by atoms with Crippen molar-refractivity contribution in [3.63, 3.8) is 0 Å². The molecule has 19 heavy (non-hydrogen) atoms. The maximum Gasteiger partial charge on any atom is 0.256 e. The number of sulfone groups is 1. The third-order valence-electron chi connectivity index (χ3n) is 2.12. The van der Waals surface area contributed by atoms with Crippen LogP contribution >= 0.6 is 11.3 Å². The molecule has 0 spiro atoms. The molecule has 0 radical (unpaired) electrons. The molecule has 7 nitrogen and oxygen atoms in total. The lowest BCUT2D eigenvalue weighted by molar-refractivity contribution is -0.130. The lowest BCUT2D eigenvalue weighted by Crippen LogP contribution is -2.36. The molecule has 0 saturated carbocycles. The van der Waals surface area contributed by atoms with Gasteiger partial charge in [-0.05, 0) is 19.9 Å². The molecule has 2 amide bonds. The van der Waals surface area contributed by atoms with Crippen molar-refractivity contribution >= 4 is 38.0 Å². The van der Waals surface area contributed by atoms with Gasteiger partial charge in [-0.2, -0.15) is 0 Å². The fourth-order valence-electron chi connectivity index (χ4n) is 1.08. The normalized spacial score (nSPS) is 12.2. The van der Waals surface area contributed by atoms with E-state index in [0.717, 1.165) is 12.3 Å². The van der Waals surface area contributed by atoms with Gasteiger partial charge in [0.25, 0.3) is 11.8 Å².